The lowest BCUT2D eigenvalue weighted by molar-refractivity contribution is -0.379. The first-order valence-electron chi connectivity index (χ1n) is 26.4. The Morgan fingerprint density at radius 1 is 0.507 bits per heavy atom. The van der Waals surface area contributed by atoms with Gasteiger partial charge in [0, 0.05) is 6.42 Å². The number of hydrogen-bond donors (Lipinski definition) is 12. The molecule has 0 aromatic rings. The van der Waals surface area contributed by atoms with E-state index in [9.17, 15) is 61.0 Å². The van der Waals surface area contributed by atoms with Crippen molar-refractivity contribution in [2.24, 2.45) is 0 Å². The molecule has 19 nitrogen and oxygen atoms in total. The third-order valence-corrected chi connectivity index (χ3v) is 13.6. The van der Waals surface area contributed by atoms with Crippen molar-refractivity contribution >= 4 is 5.91 Å². The molecule has 19 heteroatoms. The fourth-order valence-corrected chi connectivity index (χ4v) is 9.13. The first-order valence-corrected chi connectivity index (χ1v) is 26.4. The van der Waals surface area contributed by atoms with E-state index < -0.39 is 124 Å². The van der Waals surface area contributed by atoms with E-state index in [1.54, 1.807) is 6.08 Å². The lowest BCUT2D eigenvalue weighted by Gasteiger charge is -2.48. The highest BCUT2D eigenvalue weighted by Gasteiger charge is 2.53. The number of rotatable bonds is 37. The van der Waals surface area contributed by atoms with Gasteiger partial charge in [-0.05, 0) is 19.3 Å². The van der Waals surface area contributed by atoms with Crippen LogP contribution >= 0.6 is 0 Å². The molecule has 12 N–H and O–H groups in total. The highest BCUT2D eigenvalue weighted by Crippen LogP contribution is 2.33. The maximum absolute atomic E-state index is 13.2. The van der Waals surface area contributed by atoms with Crippen molar-refractivity contribution < 1.29 is 89.4 Å². The molecule has 3 saturated heterocycles. The summed E-state index contributed by atoms with van der Waals surface area (Å²) < 4.78 is 34.1. The van der Waals surface area contributed by atoms with Gasteiger partial charge in [-0.25, -0.2) is 0 Å². The average molecular weight is 996 g/mol. The maximum Gasteiger partial charge on any atom is 0.220 e. The van der Waals surface area contributed by atoms with Gasteiger partial charge in [-0.1, -0.05) is 154 Å². The lowest BCUT2D eigenvalue weighted by atomic mass is 9.96. The van der Waals surface area contributed by atoms with Gasteiger partial charge in [0.1, 0.15) is 73.2 Å². The standard InChI is InChI=1S/C50H93NO18/c1-3-5-7-9-11-13-15-16-17-18-20-22-24-26-28-38(56)51-33(34(55)27-25-23-21-19-14-12-10-8-6-4-2)32-64-48-44(62)41(59)46(36(30-53)66-48)69-50-45(63)42(60)47(37(31-54)67-50)68-49-43(61)40(58)39(57)35(29-52)65-49/h25,27,33-37,39-50,52-55,57-63H,3-24,26,28-32H2,1-2H3,(H,51,56)/b27-25+. The highest BCUT2D eigenvalue weighted by atomic mass is 16.8. The first kappa shape index (κ1) is 61.8. The Morgan fingerprint density at radius 2 is 0.899 bits per heavy atom. The van der Waals surface area contributed by atoms with Crippen molar-refractivity contribution in [3.8, 4) is 0 Å². The molecule has 0 spiro atoms. The Labute approximate surface area is 410 Å². The summed E-state index contributed by atoms with van der Waals surface area (Å²) in [5.41, 5.74) is 0. The SMILES string of the molecule is CCCCCCCCCC/C=C/C(O)C(COC1OC(CO)C(OC2OC(CO)C(OC3OC(CO)C(O)C(O)C3O)C(O)C2O)C(O)C1O)NC(=O)CCCCCCCCCCCCCCCC. The summed E-state index contributed by atoms with van der Waals surface area (Å²) in [5, 5.41) is 119. The van der Waals surface area contributed by atoms with E-state index >= 15 is 0 Å². The van der Waals surface area contributed by atoms with E-state index in [-0.39, 0.29) is 18.9 Å². The smallest absolute Gasteiger partial charge is 0.220 e. The molecule has 0 aromatic carbocycles. The molecule has 0 aliphatic carbocycles. The van der Waals surface area contributed by atoms with E-state index in [2.05, 4.69) is 19.2 Å². The number of nitrogens with one attached hydrogen (secondary N) is 1. The van der Waals surface area contributed by atoms with Crippen LogP contribution in [0.2, 0.25) is 0 Å². The maximum atomic E-state index is 13.2. The number of aliphatic hydroxyl groups excluding tert-OH is 11. The summed E-state index contributed by atoms with van der Waals surface area (Å²) in [6.45, 7) is 1.67. The molecule has 69 heavy (non-hydrogen) atoms. The number of carbonyl (C=O) groups excluding carboxylic acids is 1. The normalized spacial score (nSPS) is 32.9. The monoisotopic (exact) mass is 996 g/mol. The van der Waals surface area contributed by atoms with Crippen molar-refractivity contribution in [2.75, 3.05) is 26.4 Å². The molecule has 3 fully saturated rings. The van der Waals surface area contributed by atoms with Crippen LogP contribution in [0, 0.1) is 0 Å². The summed E-state index contributed by atoms with van der Waals surface area (Å²) in [6.07, 6.45) is 3.63. The number of ether oxygens (including phenoxy) is 6. The van der Waals surface area contributed by atoms with Gasteiger partial charge in [0.15, 0.2) is 18.9 Å². The molecule has 17 unspecified atom stereocenters. The zero-order valence-electron chi connectivity index (χ0n) is 41.5. The number of aliphatic hydroxyl groups is 11. The predicted octanol–water partition coefficient (Wildman–Crippen LogP) is 2.26. The summed E-state index contributed by atoms with van der Waals surface area (Å²) in [4.78, 5) is 13.2. The molecule has 3 aliphatic rings. The topological polar surface area (TPSA) is 307 Å². The van der Waals surface area contributed by atoms with Crippen LogP contribution in [0.4, 0.5) is 0 Å². The van der Waals surface area contributed by atoms with E-state index in [1.165, 1.54) is 96.3 Å². The molecular formula is C50H93NO18. The van der Waals surface area contributed by atoms with Gasteiger partial charge in [0.2, 0.25) is 5.91 Å². The molecule has 0 radical (unpaired) electrons. The molecule has 3 heterocycles. The zero-order chi connectivity index (χ0) is 50.6. The third-order valence-electron chi connectivity index (χ3n) is 13.6. The van der Waals surface area contributed by atoms with E-state index in [0.29, 0.717) is 6.42 Å². The molecule has 3 aliphatic heterocycles. The van der Waals surface area contributed by atoms with E-state index in [1.807, 2.05) is 6.08 Å². The second-order valence-electron chi connectivity index (χ2n) is 19.3. The minimum absolute atomic E-state index is 0.248. The van der Waals surface area contributed by atoms with Gasteiger partial charge in [-0.2, -0.15) is 0 Å². The van der Waals surface area contributed by atoms with Crippen LogP contribution in [0.25, 0.3) is 0 Å². The van der Waals surface area contributed by atoms with Crippen LogP contribution in [0.5, 0.6) is 0 Å². The molecule has 0 saturated carbocycles. The Balaban J connectivity index is 1.55. The van der Waals surface area contributed by atoms with Crippen molar-refractivity contribution in [1.29, 1.82) is 0 Å². The van der Waals surface area contributed by atoms with Gasteiger partial charge in [0.25, 0.3) is 0 Å². The van der Waals surface area contributed by atoms with Crippen LogP contribution < -0.4 is 5.32 Å². The van der Waals surface area contributed by atoms with Crippen LogP contribution in [0.3, 0.4) is 0 Å². The van der Waals surface area contributed by atoms with Gasteiger partial charge in [-0.3, -0.25) is 4.79 Å². The van der Waals surface area contributed by atoms with Crippen LogP contribution in [0.1, 0.15) is 168 Å². The quantitative estimate of drug-likeness (QED) is 0.0314. The minimum atomic E-state index is -1.97. The predicted molar refractivity (Wildman–Crippen MR) is 254 cm³/mol. The number of hydrogen-bond acceptors (Lipinski definition) is 18. The molecule has 1 amide bonds. The number of carbonyl (C=O) groups is 1. The number of allylic oxidation sites excluding steroid dienone is 1. The summed E-state index contributed by atoms with van der Waals surface area (Å²) in [5.74, 6) is -0.278. The van der Waals surface area contributed by atoms with E-state index in [4.69, 9.17) is 28.4 Å². The first-order chi connectivity index (χ1) is 33.3. The van der Waals surface area contributed by atoms with Crippen molar-refractivity contribution in [2.45, 2.75) is 272 Å². The summed E-state index contributed by atoms with van der Waals surface area (Å²) >= 11 is 0. The Bertz CT molecular complexity index is 1330. The molecule has 0 bridgehead atoms. The van der Waals surface area contributed by atoms with Gasteiger partial charge >= 0.3 is 0 Å². The zero-order valence-corrected chi connectivity index (χ0v) is 41.5. The van der Waals surface area contributed by atoms with Crippen LogP contribution in [0.15, 0.2) is 12.2 Å². The molecule has 0 aromatic heterocycles. The van der Waals surface area contributed by atoms with Crippen LogP contribution in [-0.2, 0) is 33.2 Å². The van der Waals surface area contributed by atoms with Gasteiger partial charge in [0.05, 0.1) is 38.6 Å². The fraction of sp³-hybridized carbons (Fsp3) is 0.940. The lowest BCUT2D eigenvalue weighted by Crippen LogP contribution is -2.66. The van der Waals surface area contributed by atoms with Gasteiger partial charge in [-0.15, -0.1) is 0 Å². The molecule has 3 rings (SSSR count). The summed E-state index contributed by atoms with van der Waals surface area (Å²) in [6, 6.07) is -0.964. The number of amides is 1. The Hall–Kier alpha value is -1.47. The second-order valence-corrected chi connectivity index (χ2v) is 19.3. The molecular weight excluding hydrogens is 903 g/mol. The van der Waals surface area contributed by atoms with Crippen molar-refractivity contribution in [3.63, 3.8) is 0 Å². The minimum Gasteiger partial charge on any atom is -0.394 e. The largest absolute Gasteiger partial charge is 0.394 e. The fourth-order valence-electron chi connectivity index (χ4n) is 9.13. The highest BCUT2D eigenvalue weighted by molar-refractivity contribution is 5.76. The Morgan fingerprint density at radius 3 is 1.36 bits per heavy atom. The van der Waals surface area contributed by atoms with Crippen molar-refractivity contribution in [3.05, 3.63) is 12.2 Å². The molecule has 17 atom stereocenters. The van der Waals surface area contributed by atoms with E-state index in [0.717, 1.165) is 44.9 Å². The van der Waals surface area contributed by atoms with Crippen molar-refractivity contribution in [1.82, 2.24) is 5.32 Å². The average Bonchev–Trinajstić information content (AvgIpc) is 3.34. The molecule has 406 valence electrons. The summed E-state index contributed by atoms with van der Waals surface area (Å²) in [7, 11) is 0. The number of unbranched alkanes of at least 4 members (excludes halogenated alkanes) is 21. The third kappa shape index (κ3) is 21.5. The van der Waals surface area contributed by atoms with Crippen LogP contribution in [-0.4, -0.2) is 193 Å². The second kappa shape index (κ2) is 35.6. The van der Waals surface area contributed by atoms with Gasteiger partial charge < -0.3 is 89.9 Å². The Kier molecular flexibility index (Phi) is 31.9.